The topological polar surface area (TPSA) is 104 Å². The third-order valence-corrected chi connectivity index (χ3v) is 3.36. The molecule has 1 aliphatic rings. The fourth-order valence-corrected chi connectivity index (χ4v) is 2.24. The van der Waals surface area contributed by atoms with Crippen LogP contribution in [0.15, 0.2) is 47.2 Å². The quantitative estimate of drug-likeness (QED) is 0.854. The molecule has 0 bridgehead atoms. The first-order chi connectivity index (χ1) is 11.0. The number of nitriles is 1. The Balaban J connectivity index is 2.51. The van der Waals surface area contributed by atoms with Gasteiger partial charge in [0.05, 0.1) is 20.1 Å². The Kier molecular flexibility index (Phi) is 4.76. The molecule has 120 valence electrons. The Bertz CT molecular complexity index is 713. The van der Waals surface area contributed by atoms with E-state index < -0.39 is 12.1 Å². The number of methoxy groups -OCH3 is 2. The summed E-state index contributed by atoms with van der Waals surface area (Å²) in [6.07, 6.45) is -0.903. The van der Waals surface area contributed by atoms with E-state index in [1.54, 1.807) is 38.3 Å². The van der Waals surface area contributed by atoms with Crippen molar-refractivity contribution in [2.75, 3.05) is 14.2 Å². The molecule has 1 heterocycles. The van der Waals surface area contributed by atoms with E-state index in [0.29, 0.717) is 11.3 Å². The van der Waals surface area contributed by atoms with Crippen LogP contribution in [0.5, 0.6) is 5.75 Å². The molecule has 0 amide bonds. The molecule has 7 nitrogen and oxygen atoms in total. The first-order valence-electron chi connectivity index (χ1n) is 6.70. The minimum absolute atomic E-state index is 0.0250. The third-order valence-electron chi connectivity index (χ3n) is 3.36. The molecular weight excluding hydrogens is 300 g/mol. The van der Waals surface area contributed by atoms with Crippen LogP contribution in [-0.2, 0) is 14.2 Å². The van der Waals surface area contributed by atoms with Crippen molar-refractivity contribution in [2.45, 2.75) is 12.8 Å². The van der Waals surface area contributed by atoms with Gasteiger partial charge in [0.1, 0.15) is 23.2 Å². The van der Waals surface area contributed by atoms with Crippen molar-refractivity contribution in [2.24, 2.45) is 5.73 Å². The molecule has 1 aromatic carbocycles. The molecule has 1 aromatic rings. The molecule has 1 aliphatic heterocycles. The average molecular weight is 316 g/mol. The highest BCUT2D eigenvalue weighted by atomic mass is 16.7. The van der Waals surface area contributed by atoms with Crippen LogP contribution < -0.4 is 10.5 Å². The SMILES string of the molecule is COC(=O)OC1=C(C)OC(N)=C(C#N)C1c1ccc(OC)cc1. The summed E-state index contributed by atoms with van der Waals surface area (Å²) in [6, 6.07) is 8.99. The van der Waals surface area contributed by atoms with Crippen molar-refractivity contribution in [3.05, 3.63) is 52.8 Å². The molecular formula is C16H16N2O5. The van der Waals surface area contributed by atoms with Crippen molar-refractivity contribution in [1.82, 2.24) is 0 Å². The maximum absolute atomic E-state index is 11.5. The molecule has 1 atom stereocenters. The summed E-state index contributed by atoms with van der Waals surface area (Å²) in [5.74, 6) is 0.412. The summed E-state index contributed by atoms with van der Waals surface area (Å²) < 4.78 is 20.1. The van der Waals surface area contributed by atoms with Gasteiger partial charge in [-0.1, -0.05) is 12.1 Å². The number of hydrogen-bond acceptors (Lipinski definition) is 7. The molecule has 0 fully saturated rings. The van der Waals surface area contributed by atoms with E-state index in [0.717, 1.165) is 0 Å². The molecule has 2 rings (SSSR count). The van der Waals surface area contributed by atoms with Gasteiger partial charge in [-0.15, -0.1) is 0 Å². The predicted molar refractivity (Wildman–Crippen MR) is 79.8 cm³/mol. The van der Waals surface area contributed by atoms with Gasteiger partial charge in [-0.25, -0.2) is 4.79 Å². The minimum atomic E-state index is -0.903. The second-order valence-corrected chi connectivity index (χ2v) is 4.67. The van der Waals surface area contributed by atoms with Crippen molar-refractivity contribution in [1.29, 1.82) is 5.26 Å². The summed E-state index contributed by atoms with van der Waals surface area (Å²) in [5.41, 5.74) is 6.65. The summed E-state index contributed by atoms with van der Waals surface area (Å²) in [7, 11) is 2.75. The van der Waals surface area contributed by atoms with Crippen LogP contribution >= 0.6 is 0 Å². The van der Waals surface area contributed by atoms with Gasteiger partial charge >= 0.3 is 6.16 Å². The fourth-order valence-electron chi connectivity index (χ4n) is 2.24. The Labute approximate surface area is 133 Å². The molecule has 0 saturated heterocycles. The van der Waals surface area contributed by atoms with Crippen molar-refractivity contribution < 1.29 is 23.7 Å². The zero-order chi connectivity index (χ0) is 17.0. The van der Waals surface area contributed by atoms with Gasteiger partial charge < -0.3 is 24.7 Å². The molecule has 0 aromatic heterocycles. The lowest BCUT2D eigenvalue weighted by Gasteiger charge is -2.26. The highest BCUT2D eigenvalue weighted by Gasteiger charge is 2.34. The Morgan fingerprint density at radius 2 is 1.96 bits per heavy atom. The number of allylic oxidation sites excluding steroid dienone is 2. The molecule has 2 N–H and O–H groups in total. The predicted octanol–water partition coefficient (Wildman–Crippen LogP) is 2.52. The number of hydrogen-bond donors (Lipinski definition) is 1. The maximum Gasteiger partial charge on any atom is 0.513 e. The van der Waals surface area contributed by atoms with Gasteiger partial charge in [-0.3, -0.25) is 0 Å². The minimum Gasteiger partial charge on any atom is -0.497 e. The summed E-state index contributed by atoms with van der Waals surface area (Å²) in [6.45, 7) is 1.59. The smallest absolute Gasteiger partial charge is 0.497 e. The maximum atomic E-state index is 11.5. The van der Waals surface area contributed by atoms with Gasteiger partial charge in [0.15, 0.2) is 5.76 Å². The number of benzene rings is 1. The lowest BCUT2D eigenvalue weighted by molar-refractivity contribution is 0.0857. The van der Waals surface area contributed by atoms with Gasteiger partial charge in [-0.05, 0) is 24.6 Å². The van der Waals surface area contributed by atoms with Crippen LogP contribution in [0, 0.1) is 11.3 Å². The molecule has 23 heavy (non-hydrogen) atoms. The standard InChI is InChI=1S/C16H16N2O5/c1-9-14(23-16(19)21-3)13(12(8-17)15(18)22-9)10-4-6-11(20-2)7-5-10/h4-7,13H,18H2,1-3H3. The summed E-state index contributed by atoms with van der Waals surface area (Å²) in [5, 5.41) is 9.40. The normalized spacial score (nSPS) is 17.2. The van der Waals surface area contributed by atoms with E-state index in [4.69, 9.17) is 19.9 Å². The molecule has 0 radical (unpaired) electrons. The molecule has 0 spiro atoms. The lowest BCUT2D eigenvalue weighted by Crippen LogP contribution is -2.23. The van der Waals surface area contributed by atoms with Gasteiger partial charge in [0, 0.05) is 0 Å². The van der Waals surface area contributed by atoms with Gasteiger partial charge in [0.25, 0.3) is 0 Å². The van der Waals surface area contributed by atoms with Gasteiger partial charge in [-0.2, -0.15) is 5.26 Å². The van der Waals surface area contributed by atoms with Crippen LogP contribution in [-0.4, -0.2) is 20.4 Å². The highest BCUT2D eigenvalue weighted by Crippen LogP contribution is 2.39. The fraction of sp³-hybridized carbons (Fsp3) is 0.250. The second-order valence-electron chi connectivity index (χ2n) is 4.67. The van der Waals surface area contributed by atoms with E-state index >= 15 is 0 Å². The Morgan fingerprint density at radius 1 is 1.30 bits per heavy atom. The molecule has 0 aliphatic carbocycles. The zero-order valence-electron chi connectivity index (χ0n) is 13.0. The number of rotatable bonds is 3. The number of nitrogens with two attached hydrogens (primary N) is 1. The molecule has 7 heteroatoms. The van der Waals surface area contributed by atoms with Crippen LogP contribution in [0.2, 0.25) is 0 Å². The van der Waals surface area contributed by atoms with Crippen molar-refractivity contribution in [3.8, 4) is 11.8 Å². The van der Waals surface area contributed by atoms with Crippen LogP contribution in [0.3, 0.4) is 0 Å². The van der Waals surface area contributed by atoms with Crippen molar-refractivity contribution >= 4 is 6.16 Å². The number of nitrogens with zero attached hydrogens (tertiary/aromatic N) is 1. The second kappa shape index (κ2) is 6.75. The van der Waals surface area contributed by atoms with E-state index in [2.05, 4.69) is 4.74 Å². The Morgan fingerprint density at radius 3 is 2.48 bits per heavy atom. The first kappa shape index (κ1) is 16.2. The van der Waals surface area contributed by atoms with Crippen LogP contribution in [0.4, 0.5) is 4.79 Å². The van der Waals surface area contributed by atoms with Crippen LogP contribution in [0.25, 0.3) is 0 Å². The summed E-state index contributed by atoms with van der Waals surface area (Å²) >= 11 is 0. The number of carbonyl (C=O) groups is 1. The monoisotopic (exact) mass is 316 g/mol. The number of ether oxygens (including phenoxy) is 4. The van der Waals surface area contributed by atoms with Gasteiger partial charge in [0.2, 0.25) is 5.88 Å². The summed E-state index contributed by atoms with van der Waals surface area (Å²) in [4.78, 5) is 11.5. The average Bonchev–Trinajstić information content (AvgIpc) is 2.56. The lowest BCUT2D eigenvalue weighted by atomic mass is 9.88. The van der Waals surface area contributed by atoms with Crippen LogP contribution in [0.1, 0.15) is 18.4 Å². The highest BCUT2D eigenvalue weighted by molar-refractivity contribution is 5.63. The molecule has 1 unspecified atom stereocenters. The third kappa shape index (κ3) is 3.21. The van der Waals surface area contributed by atoms with E-state index in [9.17, 15) is 10.1 Å². The van der Waals surface area contributed by atoms with E-state index in [-0.39, 0.29) is 23.0 Å². The Hall–Kier alpha value is -3.14. The zero-order valence-corrected chi connectivity index (χ0v) is 13.0. The molecule has 0 saturated carbocycles. The van der Waals surface area contributed by atoms with E-state index in [1.807, 2.05) is 6.07 Å². The van der Waals surface area contributed by atoms with E-state index in [1.165, 1.54) is 7.11 Å². The first-order valence-corrected chi connectivity index (χ1v) is 6.70. The largest absolute Gasteiger partial charge is 0.513 e. The van der Waals surface area contributed by atoms with Crippen molar-refractivity contribution in [3.63, 3.8) is 0 Å². The number of carbonyl (C=O) groups excluding carboxylic acids is 1.